The molecule has 0 radical (unpaired) electrons. The van der Waals surface area contributed by atoms with Gasteiger partial charge in [-0.2, -0.15) is 0 Å². The molecule has 1 aromatic rings. The van der Waals surface area contributed by atoms with Crippen molar-refractivity contribution < 1.29 is 116 Å². The molecule has 2 bridgehead atoms. The van der Waals surface area contributed by atoms with E-state index in [-0.39, 0.29) is 90.4 Å². The molecule has 0 spiro atoms. The third-order valence-corrected chi connectivity index (χ3v) is 26.1. The van der Waals surface area contributed by atoms with Crippen LogP contribution in [0.25, 0.3) is 0 Å². The largest absolute Gasteiger partial charge is 0.481 e. The third kappa shape index (κ3) is 42.5. The minimum absolute atomic E-state index is 0.0327. The molecule has 138 heavy (non-hydrogen) atoms. The van der Waals surface area contributed by atoms with E-state index in [1.54, 1.807) is 13.8 Å². The van der Waals surface area contributed by atoms with E-state index in [2.05, 4.69) is 106 Å². The molecule has 3 fully saturated rings. The maximum absolute atomic E-state index is 15.4. The number of carbonyl (C=O) groups excluding carboxylic acids is 21. The predicted octanol–water partition coefficient (Wildman–Crippen LogP) is -12.3. The number of carbonyl (C=O) groups is 22. The average molecular weight is 2030 g/mol. The van der Waals surface area contributed by atoms with Crippen LogP contribution >= 0.6 is 43.2 Å². The Labute approximate surface area is 809 Å². The van der Waals surface area contributed by atoms with Crippen LogP contribution in [0.5, 0.6) is 0 Å². The Morgan fingerprint density at radius 3 is 1.46 bits per heavy atom. The minimum Gasteiger partial charge on any atom is -0.481 e. The Bertz CT molecular complexity index is 4470. The summed E-state index contributed by atoms with van der Waals surface area (Å²) in [5, 5.41) is 80.7. The lowest BCUT2D eigenvalue weighted by Gasteiger charge is -2.30. The zero-order valence-corrected chi connectivity index (χ0v) is 80.4. The maximum Gasteiger partial charge on any atom is 0.303 e. The summed E-state index contributed by atoms with van der Waals surface area (Å²) in [6, 6.07) is -31.5. The number of unbranched alkanes of at least 4 members (excludes halogenated alkanes) is 1. The molecule has 0 saturated carbocycles. The van der Waals surface area contributed by atoms with Crippen LogP contribution in [-0.2, 0) is 112 Å². The molecule has 59 heteroatoms. The number of hydrogen-bond donors (Lipinski definition) is 31. The summed E-state index contributed by atoms with van der Waals surface area (Å²) in [7, 11) is 2.86. The van der Waals surface area contributed by atoms with Gasteiger partial charge in [-0.05, 0) is 124 Å². The molecule has 3 saturated heterocycles. The summed E-state index contributed by atoms with van der Waals surface area (Å²) in [4.78, 5) is 320. The number of hydrogen-bond acceptors (Lipinski definition) is 32. The Kier molecular flexibility index (Phi) is 51.3. The summed E-state index contributed by atoms with van der Waals surface area (Å²) in [5.41, 5.74) is 46.2. The highest BCUT2D eigenvalue weighted by Crippen LogP contribution is 2.27. The number of aliphatic hydroxyl groups is 1. The van der Waals surface area contributed by atoms with E-state index in [1.807, 2.05) is 0 Å². The Morgan fingerprint density at radius 1 is 0.493 bits per heavy atom. The number of carboxylic acids is 1. The van der Waals surface area contributed by atoms with E-state index < -0.39 is 337 Å². The molecule has 4 heterocycles. The summed E-state index contributed by atoms with van der Waals surface area (Å²) in [6.07, 6.45) is -5.57. The van der Waals surface area contributed by atoms with E-state index >= 15 is 19.2 Å². The van der Waals surface area contributed by atoms with Crippen LogP contribution in [0.3, 0.4) is 0 Å². The number of aromatic amines is 1. The molecule has 39 N–H and O–H groups in total. The fourth-order valence-electron chi connectivity index (χ4n) is 13.7. The van der Waals surface area contributed by atoms with Gasteiger partial charge in [-0.15, -0.1) is 0 Å². The van der Waals surface area contributed by atoms with E-state index in [0.717, 1.165) is 47.3 Å². The van der Waals surface area contributed by atoms with Crippen LogP contribution < -0.4 is 142 Å². The lowest BCUT2D eigenvalue weighted by Crippen LogP contribution is -2.61. The SMILES string of the molecule is CC(C)C[C@@H]1NC(=O)C(C)NC(=O)[C@H]([C@@H](C)O)NC(=O)C(CCC(=O)O)NC(=O)[C@@H]2CCCN2C(=O)[C@H](C)NC(=O)[C@H](CCCCN)NC(=O)[C@@H]2CSSC[C@@H](C(=O)N[C@@H](CCC(N)=O)C(=O)N[C@@H](CCC(N)=O)C(=O)N[C@@H](Cc3cnc[nH]3)C(N)=O)NC(=O)C(CCCNC(=N)N)NC(=O)[C@H](CCCNC(=N)N)NC(=O)[C@H](C)NC(=O)[C@H](CSSC[C@H](N)C(=O)N[C@@H](CC(N)=O)C(=O)N2)NC1=O. The number of aliphatic carboxylic acids is 1. The molecule has 21 amide bonds. The number of nitrogens with one attached hydrogen (secondary N) is 21. The summed E-state index contributed by atoms with van der Waals surface area (Å²) in [6.45, 7) is 7.48. The minimum atomic E-state index is -2.01. The molecule has 19 atom stereocenters. The summed E-state index contributed by atoms with van der Waals surface area (Å²) >= 11 is 0. The first-order chi connectivity index (χ1) is 65.0. The first-order valence-electron chi connectivity index (χ1n) is 44.3. The molecule has 1 aromatic heterocycles. The topological polar surface area (TPSA) is 920 Å². The van der Waals surface area contributed by atoms with Crippen molar-refractivity contribution in [1.29, 1.82) is 10.8 Å². The van der Waals surface area contributed by atoms with Gasteiger partial charge >= 0.3 is 5.97 Å². The van der Waals surface area contributed by atoms with Crippen molar-refractivity contribution in [1.82, 2.24) is 111 Å². The van der Waals surface area contributed by atoms with Gasteiger partial charge in [-0.1, -0.05) is 57.0 Å². The van der Waals surface area contributed by atoms with E-state index in [1.165, 1.54) is 19.4 Å². The first-order valence-corrected chi connectivity index (χ1v) is 49.3. The van der Waals surface area contributed by atoms with Crippen LogP contribution in [0, 0.1) is 16.7 Å². The van der Waals surface area contributed by atoms with Crippen LogP contribution in [0.1, 0.15) is 156 Å². The first kappa shape index (κ1) is 118. The van der Waals surface area contributed by atoms with Crippen molar-refractivity contribution in [2.45, 2.75) is 272 Å². The lowest BCUT2D eigenvalue weighted by molar-refractivity contribution is -0.142. The highest BCUT2D eigenvalue weighted by atomic mass is 33.1. The fraction of sp³-hybridized carbons (Fsp3) is 0.658. The van der Waals surface area contributed by atoms with E-state index in [4.69, 9.17) is 56.7 Å². The molecule has 3 aliphatic rings. The molecule has 0 aromatic carbocycles. The summed E-state index contributed by atoms with van der Waals surface area (Å²) < 4.78 is 0. The Morgan fingerprint density at radius 2 is 0.942 bits per heavy atom. The van der Waals surface area contributed by atoms with Crippen LogP contribution in [0.15, 0.2) is 12.5 Å². The molecule has 3 aliphatic heterocycles. The van der Waals surface area contributed by atoms with Gasteiger partial charge in [0.15, 0.2) is 11.9 Å². The second-order valence-electron chi connectivity index (χ2n) is 33.3. The molecule has 0 aliphatic carbocycles. The number of carboxylic acid groups (broad SMARTS) is 1. The second-order valence-corrected chi connectivity index (χ2v) is 38.4. The molecule has 770 valence electrons. The molecular weight excluding hydrogens is 1900 g/mol. The number of rotatable bonds is 35. The lowest BCUT2D eigenvalue weighted by atomic mass is 10.0. The maximum atomic E-state index is 15.4. The highest BCUT2D eigenvalue weighted by molar-refractivity contribution is 8.77. The van der Waals surface area contributed by atoms with Crippen molar-refractivity contribution >= 4 is 185 Å². The van der Waals surface area contributed by atoms with Crippen LogP contribution in [-0.4, -0.2) is 331 Å². The number of aliphatic hydroxyl groups excluding tert-OH is 1. The quantitative estimate of drug-likeness (QED) is 0.0130. The van der Waals surface area contributed by atoms with Crippen LogP contribution in [0.4, 0.5) is 0 Å². The molecular formula is C79H131N31O24S4. The van der Waals surface area contributed by atoms with Gasteiger partial charge < -0.3 is 162 Å². The smallest absolute Gasteiger partial charge is 0.303 e. The fourth-order valence-corrected chi connectivity index (χ4v) is 18.3. The van der Waals surface area contributed by atoms with Crippen molar-refractivity contribution in [2.75, 3.05) is 49.2 Å². The van der Waals surface area contributed by atoms with E-state index in [0.29, 0.717) is 27.3 Å². The molecule has 55 nitrogen and oxygen atoms in total. The number of fused-ring (bicyclic) bond motifs is 12. The highest BCUT2D eigenvalue weighted by Gasteiger charge is 2.43. The van der Waals surface area contributed by atoms with Gasteiger partial charge in [0.25, 0.3) is 0 Å². The van der Waals surface area contributed by atoms with Crippen molar-refractivity contribution in [3.8, 4) is 0 Å². The predicted molar refractivity (Wildman–Crippen MR) is 502 cm³/mol. The van der Waals surface area contributed by atoms with Gasteiger partial charge in [0, 0.05) is 80.2 Å². The van der Waals surface area contributed by atoms with Crippen LogP contribution in [0.2, 0.25) is 0 Å². The zero-order valence-electron chi connectivity index (χ0n) is 77.1. The molecule has 3 unspecified atom stereocenters. The van der Waals surface area contributed by atoms with Gasteiger partial charge in [0.05, 0.1) is 24.9 Å². The van der Waals surface area contributed by atoms with Gasteiger partial charge in [-0.3, -0.25) is 116 Å². The normalized spacial score (nSPS) is 25.1. The number of nitrogens with two attached hydrogens (primary N) is 8. The summed E-state index contributed by atoms with van der Waals surface area (Å²) in [5.74, 6) is -29.2. The van der Waals surface area contributed by atoms with Crippen molar-refractivity contribution in [2.24, 2.45) is 51.8 Å². The standard InChI is InChI=1S/C79H131N31O24S4/c1-35(2)26-49-70(127)107-51-31-136-135-30-41(81)63(120)105-50(28-57(84)114)71(128)108-53(73(130)99-42(12-7-8-22-80)64(121)96-38(5)77(134)110-25-11-15-54(110)75(132)102-47(18-21-58(115)116)69(126)109-59(39(6)111)76(133)95-37(4)62(119)104-49)33-138-137-32-52(106-66(123)44(14-10-24-92-79(88)89)98-65(122)43(13-9-23-91-78(86)87)97-61(118)36(3)94-72(51)129)74(131)101-45(16-19-55(82)112)67(124)100-46(17-20-56(83)113)68(125)103-48(60(85)117)27-40-29-90-34-93-40/h29,34-39,41-54,59,111H,7-28,30-33,80-81H2,1-6H3,(H2,82,112)(H2,83,113)(H2,84,114)(H2,85,117)(H,90,93)(H,94,129)(H,95,133)(H,96,121)(H,97,118)(H,98,122)(H,99,130)(H,100,124)(H,101,131)(H,102,132)(H,103,125)(H,104,119)(H,105,120)(H,106,123)(H,107,127)(H,108,128)(H,109,126)(H,115,116)(H4,86,87,91)(H4,88,89,92)/t36-,37?,38-,39+,41-,42-,43-,44?,45-,46-,47?,48-,49-,50-,51-,52-,53-,54-,59-/m0/s1. The number of aromatic nitrogens is 2. The monoisotopic (exact) mass is 2030 g/mol. The Hall–Kier alpha value is -12.6. The van der Waals surface area contributed by atoms with Gasteiger partial charge in [0.1, 0.15) is 103 Å². The number of amides is 21. The zero-order chi connectivity index (χ0) is 103. The third-order valence-electron chi connectivity index (χ3n) is 21.2. The Balaban J connectivity index is 2.11. The molecule has 4 rings (SSSR count). The van der Waals surface area contributed by atoms with Gasteiger partial charge in [0.2, 0.25) is 124 Å². The van der Waals surface area contributed by atoms with Crippen molar-refractivity contribution in [3.63, 3.8) is 0 Å². The number of primary amides is 4. The van der Waals surface area contributed by atoms with E-state index in [9.17, 15) is 96.5 Å². The number of imidazole rings is 1. The van der Waals surface area contributed by atoms with Crippen molar-refractivity contribution in [3.05, 3.63) is 18.2 Å². The van der Waals surface area contributed by atoms with Gasteiger partial charge in [-0.25, -0.2) is 4.98 Å². The number of nitrogens with zero attached hydrogens (tertiary/aromatic N) is 2. The second kappa shape index (κ2) is 60.2. The number of H-pyrrole nitrogens is 1. The average Bonchev–Trinajstić information content (AvgIpc) is 1.66. The number of guanidine groups is 2.